The third-order valence-electron chi connectivity index (χ3n) is 4.69. The number of hydrogen-bond acceptors (Lipinski definition) is 3. The molecule has 1 fully saturated rings. The zero-order valence-electron chi connectivity index (χ0n) is 14.8. The van der Waals surface area contributed by atoms with Gasteiger partial charge in [0.1, 0.15) is 0 Å². The molecule has 1 aliphatic rings. The summed E-state index contributed by atoms with van der Waals surface area (Å²) in [6.07, 6.45) is 4.47. The van der Waals surface area contributed by atoms with Crippen LogP contribution in [0.1, 0.15) is 35.7 Å². The lowest BCUT2D eigenvalue weighted by atomic mass is 10.1. The highest BCUT2D eigenvalue weighted by atomic mass is 16.2. The number of carbonyl (C=O) groups is 2. The summed E-state index contributed by atoms with van der Waals surface area (Å²) in [5.41, 5.74) is 1.68. The molecule has 0 saturated carbocycles. The molecular weight excluding hydrogens is 316 g/mol. The fourth-order valence-electron chi connectivity index (χ4n) is 3.27. The number of benzene rings is 1. The lowest BCUT2D eigenvalue weighted by Gasteiger charge is -2.31. The predicted octanol–water partition coefficient (Wildman–Crippen LogP) is 2.07. The van der Waals surface area contributed by atoms with Gasteiger partial charge < -0.3 is 9.80 Å². The molecule has 1 saturated heterocycles. The van der Waals surface area contributed by atoms with Crippen molar-refractivity contribution in [2.24, 2.45) is 7.05 Å². The number of amides is 2. The molecular formula is C19H24N4O2. The van der Waals surface area contributed by atoms with Crippen molar-refractivity contribution in [1.29, 1.82) is 0 Å². The molecule has 0 N–H and O–H groups in total. The van der Waals surface area contributed by atoms with Crippen molar-refractivity contribution in [3.63, 3.8) is 0 Å². The monoisotopic (exact) mass is 340 g/mol. The van der Waals surface area contributed by atoms with Gasteiger partial charge in [-0.05, 0) is 12.0 Å². The van der Waals surface area contributed by atoms with Gasteiger partial charge in [-0.15, -0.1) is 0 Å². The minimum Gasteiger partial charge on any atom is -0.336 e. The predicted molar refractivity (Wildman–Crippen MR) is 94.8 cm³/mol. The van der Waals surface area contributed by atoms with Crippen LogP contribution in [0.15, 0.2) is 42.7 Å². The van der Waals surface area contributed by atoms with Gasteiger partial charge >= 0.3 is 0 Å². The van der Waals surface area contributed by atoms with Gasteiger partial charge in [0.2, 0.25) is 5.91 Å². The van der Waals surface area contributed by atoms with Crippen LogP contribution in [-0.4, -0.2) is 50.5 Å². The van der Waals surface area contributed by atoms with E-state index in [-0.39, 0.29) is 17.9 Å². The van der Waals surface area contributed by atoms with Crippen LogP contribution in [-0.2, 0) is 18.4 Å². The van der Waals surface area contributed by atoms with Crippen LogP contribution >= 0.6 is 0 Å². The Morgan fingerprint density at radius 1 is 1.28 bits per heavy atom. The van der Waals surface area contributed by atoms with Crippen molar-refractivity contribution in [1.82, 2.24) is 19.6 Å². The Hall–Kier alpha value is -2.63. The summed E-state index contributed by atoms with van der Waals surface area (Å²) < 4.78 is 1.62. The van der Waals surface area contributed by atoms with Crippen LogP contribution in [0.2, 0.25) is 0 Å². The lowest BCUT2D eigenvalue weighted by molar-refractivity contribution is -0.133. The smallest absolute Gasteiger partial charge is 0.257 e. The van der Waals surface area contributed by atoms with E-state index in [1.54, 1.807) is 29.0 Å². The standard InChI is InChI=1S/C19H24N4O2/c1-3-17-14-22(19(25)16-11-20-21(2)13-16)10-9-18(24)23(17)12-15-7-5-4-6-8-15/h4-8,11,13,17H,3,9-10,12,14H2,1-2H3/t17-/m0/s1. The van der Waals surface area contributed by atoms with Crippen LogP contribution in [0.4, 0.5) is 0 Å². The molecule has 1 atom stereocenters. The Kier molecular flexibility index (Phi) is 5.16. The summed E-state index contributed by atoms with van der Waals surface area (Å²) >= 11 is 0. The van der Waals surface area contributed by atoms with Crippen LogP contribution in [0, 0.1) is 0 Å². The zero-order chi connectivity index (χ0) is 17.8. The van der Waals surface area contributed by atoms with E-state index in [1.807, 2.05) is 35.2 Å². The first kappa shape index (κ1) is 17.2. The normalized spacial score (nSPS) is 18.3. The SMILES string of the molecule is CC[C@H]1CN(C(=O)c2cnn(C)c2)CCC(=O)N1Cc1ccccc1. The molecule has 3 rings (SSSR count). The van der Waals surface area contributed by atoms with E-state index in [0.29, 0.717) is 31.6 Å². The molecule has 1 aromatic carbocycles. The van der Waals surface area contributed by atoms with Crippen molar-refractivity contribution < 1.29 is 9.59 Å². The first-order valence-corrected chi connectivity index (χ1v) is 8.69. The number of aromatic nitrogens is 2. The third kappa shape index (κ3) is 3.90. The first-order valence-electron chi connectivity index (χ1n) is 8.69. The number of hydrogen-bond donors (Lipinski definition) is 0. The van der Waals surface area contributed by atoms with E-state index in [1.165, 1.54) is 0 Å². The Bertz CT molecular complexity index is 741. The molecule has 0 radical (unpaired) electrons. The van der Waals surface area contributed by atoms with Crippen LogP contribution in [0.25, 0.3) is 0 Å². The van der Waals surface area contributed by atoms with Gasteiger partial charge in [-0.2, -0.15) is 5.10 Å². The molecule has 0 aliphatic carbocycles. The van der Waals surface area contributed by atoms with E-state index >= 15 is 0 Å². The van der Waals surface area contributed by atoms with Gasteiger partial charge in [-0.25, -0.2) is 0 Å². The largest absolute Gasteiger partial charge is 0.336 e. The summed E-state index contributed by atoms with van der Waals surface area (Å²) in [6, 6.07) is 10.0. The maximum absolute atomic E-state index is 12.7. The molecule has 2 heterocycles. The molecule has 25 heavy (non-hydrogen) atoms. The molecule has 6 heteroatoms. The summed E-state index contributed by atoms with van der Waals surface area (Å²) in [7, 11) is 1.79. The quantitative estimate of drug-likeness (QED) is 0.856. The average Bonchev–Trinajstić information content (AvgIpc) is 3.00. The number of carbonyl (C=O) groups excluding carboxylic acids is 2. The first-order chi connectivity index (χ1) is 12.1. The highest BCUT2D eigenvalue weighted by Gasteiger charge is 2.31. The number of nitrogens with zero attached hydrogens (tertiary/aromatic N) is 4. The molecule has 0 bridgehead atoms. The summed E-state index contributed by atoms with van der Waals surface area (Å²) in [4.78, 5) is 29.1. The van der Waals surface area contributed by atoms with Crippen LogP contribution < -0.4 is 0 Å². The van der Waals surface area contributed by atoms with Crippen molar-refractivity contribution >= 4 is 11.8 Å². The summed E-state index contributed by atoms with van der Waals surface area (Å²) in [6.45, 7) is 3.66. The molecule has 132 valence electrons. The Morgan fingerprint density at radius 3 is 2.68 bits per heavy atom. The van der Waals surface area contributed by atoms with Crippen molar-refractivity contribution in [3.8, 4) is 0 Å². The minimum atomic E-state index is -0.0547. The second-order valence-electron chi connectivity index (χ2n) is 6.47. The van der Waals surface area contributed by atoms with Gasteiger partial charge in [0.25, 0.3) is 5.91 Å². The van der Waals surface area contributed by atoms with Crippen molar-refractivity contribution in [3.05, 3.63) is 53.9 Å². The van der Waals surface area contributed by atoms with Crippen molar-refractivity contribution in [2.45, 2.75) is 32.4 Å². The second kappa shape index (κ2) is 7.51. The molecule has 0 unspecified atom stereocenters. The highest BCUT2D eigenvalue weighted by molar-refractivity contribution is 5.94. The maximum Gasteiger partial charge on any atom is 0.257 e. The summed E-state index contributed by atoms with van der Waals surface area (Å²) in [5, 5.41) is 4.07. The van der Waals surface area contributed by atoms with Gasteiger partial charge in [0.15, 0.2) is 0 Å². The van der Waals surface area contributed by atoms with E-state index in [4.69, 9.17) is 0 Å². The Morgan fingerprint density at radius 2 is 2.04 bits per heavy atom. The fraction of sp³-hybridized carbons (Fsp3) is 0.421. The van der Waals surface area contributed by atoms with E-state index in [2.05, 4.69) is 12.0 Å². The fourth-order valence-corrected chi connectivity index (χ4v) is 3.27. The van der Waals surface area contributed by atoms with Gasteiger partial charge in [-0.3, -0.25) is 14.3 Å². The Balaban J connectivity index is 1.77. The van der Waals surface area contributed by atoms with Crippen molar-refractivity contribution in [2.75, 3.05) is 13.1 Å². The average molecular weight is 340 g/mol. The molecule has 2 amide bonds. The number of rotatable bonds is 4. The van der Waals surface area contributed by atoms with Crippen LogP contribution in [0.5, 0.6) is 0 Å². The molecule has 2 aromatic rings. The van der Waals surface area contributed by atoms with E-state index < -0.39 is 0 Å². The van der Waals surface area contributed by atoms with E-state index in [9.17, 15) is 9.59 Å². The highest BCUT2D eigenvalue weighted by Crippen LogP contribution is 2.19. The maximum atomic E-state index is 12.7. The number of aryl methyl sites for hydroxylation is 1. The molecule has 6 nitrogen and oxygen atoms in total. The second-order valence-corrected chi connectivity index (χ2v) is 6.47. The van der Waals surface area contributed by atoms with Gasteiger partial charge in [0, 0.05) is 45.3 Å². The lowest BCUT2D eigenvalue weighted by Crippen LogP contribution is -2.43. The Labute approximate surface area is 148 Å². The molecule has 0 spiro atoms. The molecule has 1 aromatic heterocycles. The van der Waals surface area contributed by atoms with Gasteiger partial charge in [0.05, 0.1) is 11.8 Å². The van der Waals surface area contributed by atoms with Gasteiger partial charge in [-0.1, -0.05) is 37.3 Å². The summed E-state index contributed by atoms with van der Waals surface area (Å²) in [5.74, 6) is 0.0538. The topological polar surface area (TPSA) is 58.4 Å². The third-order valence-corrected chi connectivity index (χ3v) is 4.69. The van der Waals surface area contributed by atoms with E-state index in [0.717, 1.165) is 12.0 Å². The molecule has 1 aliphatic heterocycles. The zero-order valence-corrected chi connectivity index (χ0v) is 14.8. The van der Waals surface area contributed by atoms with Crippen LogP contribution in [0.3, 0.4) is 0 Å². The minimum absolute atomic E-state index is 0.0239.